The first-order valence-corrected chi connectivity index (χ1v) is 8.20. The highest BCUT2D eigenvalue weighted by Crippen LogP contribution is 2.40. The molecule has 0 spiro atoms. The standard InChI is InChI=1S/C16H32N2/c1-3-8-16(11-7-12-18-16)14-17-13-15(4-2)9-5-6-10-15/h17-18H,3-14H2,1-2H3. The number of nitrogens with one attached hydrogen (secondary N) is 2. The van der Waals surface area contributed by atoms with E-state index in [2.05, 4.69) is 24.5 Å². The van der Waals surface area contributed by atoms with Gasteiger partial charge < -0.3 is 10.6 Å². The Morgan fingerprint density at radius 2 is 1.78 bits per heavy atom. The lowest BCUT2D eigenvalue weighted by Gasteiger charge is -2.33. The predicted molar refractivity (Wildman–Crippen MR) is 78.9 cm³/mol. The normalized spacial score (nSPS) is 31.0. The zero-order valence-electron chi connectivity index (χ0n) is 12.5. The van der Waals surface area contributed by atoms with E-state index in [1.807, 2.05) is 0 Å². The van der Waals surface area contributed by atoms with Crippen molar-refractivity contribution in [2.24, 2.45) is 5.41 Å². The average Bonchev–Trinajstić information content (AvgIpc) is 3.01. The maximum absolute atomic E-state index is 3.82. The van der Waals surface area contributed by atoms with E-state index in [9.17, 15) is 0 Å². The van der Waals surface area contributed by atoms with Crippen LogP contribution in [0.25, 0.3) is 0 Å². The Labute approximate surface area is 113 Å². The fraction of sp³-hybridized carbons (Fsp3) is 1.00. The molecule has 1 heterocycles. The molecular formula is C16H32N2. The van der Waals surface area contributed by atoms with Gasteiger partial charge in [-0.05, 0) is 50.5 Å². The van der Waals surface area contributed by atoms with Crippen LogP contribution in [0.3, 0.4) is 0 Å². The summed E-state index contributed by atoms with van der Waals surface area (Å²) in [6.07, 6.45) is 12.5. The summed E-state index contributed by atoms with van der Waals surface area (Å²) in [4.78, 5) is 0. The van der Waals surface area contributed by atoms with Crippen molar-refractivity contribution in [2.75, 3.05) is 19.6 Å². The molecule has 0 bridgehead atoms. The molecule has 1 aliphatic heterocycles. The molecule has 1 unspecified atom stereocenters. The van der Waals surface area contributed by atoms with Crippen LogP contribution in [0.4, 0.5) is 0 Å². The predicted octanol–water partition coefficient (Wildman–Crippen LogP) is 3.47. The van der Waals surface area contributed by atoms with Gasteiger partial charge >= 0.3 is 0 Å². The van der Waals surface area contributed by atoms with Gasteiger partial charge in [-0.25, -0.2) is 0 Å². The fourth-order valence-electron chi connectivity index (χ4n) is 4.15. The van der Waals surface area contributed by atoms with Crippen molar-refractivity contribution in [2.45, 2.75) is 77.2 Å². The Kier molecular flexibility index (Phi) is 5.08. The van der Waals surface area contributed by atoms with E-state index in [4.69, 9.17) is 0 Å². The lowest BCUT2D eigenvalue weighted by atomic mass is 9.83. The quantitative estimate of drug-likeness (QED) is 0.725. The second-order valence-electron chi connectivity index (χ2n) is 6.72. The van der Waals surface area contributed by atoms with Gasteiger partial charge in [0.05, 0.1) is 0 Å². The first kappa shape index (κ1) is 14.3. The second kappa shape index (κ2) is 6.38. The molecule has 1 aliphatic carbocycles. The SMILES string of the molecule is CCCC1(CNCC2(CC)CCCC2)CCCN1. The van der Waals surface area contributed by atoms with Gasteiger partial charge in [0.1, 0.15) is 0 Å². The Morgan fingerprint density at radius 1 is 1.00 bits per heavy atom. The molecule has 1 saturated carbocycles. The van der Waals surface area contributed by atoms with Crippen molar-refractivity contribution in [1.29, 1.82) is 0 Å². The van der Waals surface area contributed by atoms with Gasteiger partial charge in [0, 0.05) is 18.6 Å². The zero-order chi connectivity index (χ0) is 12.9. The minimum absolute atomic E-state index is 0.419. The summed E-state index contributed by atoms with van der Waals surface area (Å²) in [7, 11) is 0. The highest BCUT2D eigenvalue weighted by atomic mass is 15.1. The molecule has 1 saturated heterocycles. The average molecular weight is 252 g/mol. The van der Waals surface area contributed by atoms with Gasteiger partial charge in [-0.3, -0.25) is 0 Å². The maximum Gasteiger partial charge on any atom is 0.0306 e. The molecule has 0 aromatic carbocycles. The van der Waals surface area contributed by atoms with Crippen LogP contribution in [0, 0.1) is 5.41 Å². The van der Waals surface area contributed by atoms with Crippen LogP contribution in [-0.4, -0.2) is 25.2 Å². The Hall–Kier alpha value is -0.0800. The van der Waals surface area contributed by atoms with Crippen LogP contribution >= 0.6 is 0 Å². The molecule has 2 nitrogen and oxygen atoms in total. The smallest absolute Gasteiger partial charge is 0.0306 e. The first-order valence-electron chi connectivity index (χ1n) is 8.20. The van der Waals surface area contributed by atoms with Crippen molar-refractivity contribution in [3.8, 4) is 0 Å². The van der Waals surface area contributed by atoms with Gasteiger partial charge in [-0.2, -0.15) is 0 Å². The summed E-state index contributed by atoms with van der Waals surface area (Å²) in [5, 5.41) is 7.59. The third-order valence-electron chi connectivity index (χ3n) is 5.44. The van der Waals surface area contributed by atoms with E-state index in [-0.39, 0.29) is 0 Å². The molecule has 1 atom stereocenters. The Morgan fingerprint density at radius 3 is 2.33 bits per heavy atom. The lowest BCUT2D eigenvalue weighted by molar-refractivity contribution is 0.244. The van der Waals surface area contributed by atoms with E-state index in [1.165, 1.54) is 77.4 Å². The summed E-state index contributed by atoms with van der Waals surface area (Å²) in [5.74, 6) is 0. The van der Waals surface area contributed by atoms with Gasteiger partial charge in [-0.1, -0.05) is 33.1 Å². The monoisotopic (exact) mass is 252 g/mol. The molecule has 0 aromatic rings. The van der Waals surface area contributed by atoms with E-state index in [0.717, 1.165) is 0 Å². The topological polar surface area (TPSA) is 24.1 Å². The van der Waals surface area contributed by atoms with Gasteiger partial charge in [0.25, 0.3) is 0 Å². The van der Waals surface area contributed by atoms with Crippen LogP contribution in [-0.2, 0) is 0 Å². The minimum Gasteiger partial charge on any atom is -0.314 e. The molecular weight excluding hydrogens is 220 g/mol. The Bertz CT molecular complexity index is 237. The number of rotatable bonds is 7. The van der Waals surface area contributed by atoms with Crippen molar-refractivity contribution in [3.63, 3.8) is 0 Å². The van der Waals surface area contributed by atoms with Gasteiger partial charge in [-0.15, -0.1) is 0 Å². The molecule has 18 heavy (non-hydrogen) atoms. The largest absolute Gasteiger partial charge is 0.314 e. The van der Waals surface area contributed by atoms with Crippen molar-refractivity contribution >= 4 is 0 Å². The number of hydrogen-bond acceptors (Lipinski definition) is 2. The summed E-state index contributed by atoms with van der Waals surface area (Å²) in [5.41, 5.74) is 1.05. The van der Waals surface area contributed by atoms with Crippen molar-refractivity contribution < 1.29 is 0 Å². The molecule has 2 rings (SSSR count). The van der Waals surface area contributed by atoms with E-state index < -0.39 is 0 Å². The third-order valence-corrected chi connectivity index (χ3v) is 5.44. The van der Waals surface area contributed by atoms with Crippen LogP contribution in [0.15, 0.2) is 0 Å². The third kappa shape index (κ3) is 3.27. The van der Waals surface area contributed by atoms with Crippen molar-refractivity contribution in [3.05, 3.63) is 0 Å². The van der Waals surface area contributed by atoms with Crippen LogP contribution in [0.2, 0.25) is 0 Å². The Balaban J connectivity index is 1.79. The molecule has 0 aromatic heterocycles. The summed E-state index contributed by atoms with van der Waals surface area (Å²) >= 11 is 0. The summed E-state index contributed by atoms with van der Waals surface area (Å²) in [6.45, 7) is 8.34. The van der Waals surface area contributed by atoms with Crippen LogP contribution in [0.5, 0.6) is 0 Å². The first-order chi connectivity index (χ1) is 8.74. The molecule has 2 N–H and O–H groups in total. The second-order valence-corrected chi connectivity index (χ2v) is 6.72. The van der Waals surface area contributed by atoms with Gasteiger partial charge in [0.2, 0.25) is 0 Å². The highest BCUT2D eigenvalue weighted by Gasteiger charge is 2.35. The summed E-state index contributed by atoms with van der Waals surface area (Å²) in [6, 6.07) is 0. The molecule has 2 fully saturated rings. The molecule has 2 aliphatic rings. The minimum atomic E-state index is 0.419. The van der Waals surface area contributed by atoms with E-state index >= 15 is 0 Å². The highest BCUT2D eigenvalue weighted by molar-refractivity contribution is 4.95. The van der Waals surface area contributed by atoms with Gasteiger partial charge in [0.15, 0.2) is 0 Å². The molecule has 106 valence electrons. The van der Waals surface area contributed by atoms with E-state index in [0.29, 0.717) is 11.0 Å². The maximum atomic E-state index is 3.82. The molecule has 0 amide bonds. The fourth-order valence-corrected chi connectivity index (χ4v) is 4.15. The van der Waals surface area contributed by atoms with Crippen LogP contribution < -0.4 is 10.6 Å². The molecule has 2 heteroatoms. The lowest BCUT2D eigenvalue weighted by Crippen LogP contribution is -2.50. The summed E-state index contributed by atoms with van der Waals surface area (Å²) < 4.78 is 0. The van der Waals surface area contributed by atoms with Crippen molar-refractivity contribution in [1.82, 2.24) is 10.6 Å². The molecule has 0 radical (unpaired) electrons. The van der Waals surface area contributed by atoms with Crippen LogP contribution in [0.1, 0.15) is 71.6 Å². The zero-order valence-corrected chi connectivity index (χ0v) is 12.5. The number of hydrogen-bond donors (Lipinski definition) is 2. The van der Waals surface area contributed by atoms with E-state index in [1.54, 1.807) is 0 Å².